The van der Waals surface area contributed by atoms with E-state index < -0.39 is 9.05 Å². The molecule has 112 valence electrons. The molecule has 1 atom stereocenters. The van der Waals surface area contributed by atoms with Gasteiger partial charge in [-0.25, -0.2) is 8.42 Å². The average molecular weight is 337 g/mol. The fourth-order valence-electron chi connectivity index (χ4n) is 2.17. The van der Waals surface area contributed by atoms with E-state index >= 15 is 0 Å². The first-order valence-electron chi connectivity index (χ1n) is 6.32. The first-order chi connectivity index (χ1) is 9.49. The second kappa shape index (κ2) is 6.91. The maximum Gasteiger partial charge on any atom is 0.236 e. The molecule has 0 bridgehead atoms. The van der Waals surface area contributed by atoms with E-state index in [0.717, 1.165) is 18.6 Å². The van der Waals surface area contributed by atoms with Crippen LogP contribution in [0.5, 0.6) is 11.5 Å². The molecule has 1 aromatic carbocycles. The Morgan fingerprint density at radius 1 is 1.45 bits per heavy atom. The van der Waals surface area contributed by atoms with Crippen molar-refractivity contribution in [2.45, 2.75) is 24.7 Å². The van der Waals surface area contributed by atoms with E-state index in [2.05, 4.69) is 0 Å². The molecule has 1 unspecified atom stereocenters. The number of benzene rings is 1. The van der Waals surface area contributed by atoms with Crippen LogP contribution < -0.4 is 9.47 Å². The highest BCUT2D eigenvalue weighted by atomic mass is 35.7. The lowest BCUT2D eigenvalue weighted by atomic mass is 10.2. The molecule has 1 aliphatic rings. The highest BCUT2D eigenvalue weighted by molar-refractivity contribution is 8.13. The molecule has 1 aromatic rings. The van der Waals surface area contributed by atoms with Gasteiger partial charge in [0.2, 0.25) is 9.05 Å². The minimum Gasteiger partial charge on any atom is -0.493 e. The SMILES string of the molecule is COc1c(CS(=O)(=O)Cl)cccc1OC1CCCSC1. The summed E-state index contributed by atoms with van der Waals surface area (Å²) in [5, 5.41) is 0. The lowest BCUT2D eigenvalue weighted by molar-refractivity contribution is 0.202. The van der Waals surface area contributed by atoms with E-state index in [1.165, 1.54) is 12.9 Å². The summed E-state index contributed by atoms with van der Waals surface area (Å²) in [5.74, 6) is 2.88. The van der Waals surface area contributed by atoms with Crippen molar-refractivity contribution in [1.29, 1.82) is 0 Å². The number of para-hydroxylation sites is 1. The van der Waals surface area contributed by atoms with Crippen molar-refractivity contribution >= 4 is 31.5 Å². The molecular weight excluding hydrogens is 320 g/mol. The van der Waals surface area contributed by atoms with Crippen molar-refractivity contribution in [2.75, 3.05) is 18.6 Å². The number of methoxy groups -OCH3 is 1. The molecule has 1 fully saturated rings. The van der Waals surface area contributed by atoms with Gasteiger partial charge < -0.3 is 9.47 Å². The Kier molecular flexibility index (Phi) is 5.46. The first kappa shape index (κ1) is 15.8. The number of thioether (sulfide) groups is 1. The lowest BCUT2D eigenvalue weighted by Gasteiger charge is -2.24. The molecule has 0 aromatic heterocycles. The second-order valence-electron chi connectivity index (χ2n) is 4.59. The van der Waals surface area contributed by atoms with Crippen molar-refractivity contribution in [3.05, 3.63) is 23.8 Å². The second-order valence-corrected chi connectivity index (χ2v) is 8.52. The van der Waals surface area contributed by atoms with Gasteiger partial charge in [0.1, 0.15) is 6.10 Å². The predicted molar refractivity (Wildman–Crippen MR) is 82.4 cm³/mol. The molecular formula is C13H17ClO4S2. The molecule has 0 amide bonds. The summed E-state index contributed by atoms with van der Waals surface area (Å²) < 4.78 is 33.7. The van der Waals surface area contributed by atoms with Crippen LogP contribution in [0.25, 0.3) is 0 Å². The van der Waals surface area contributed by atoms with Crippen LogP contribution >= 0.6 is 22.4 Å². The zero-order valence-electron chi connectivity index (χ0n) is 11.2. The maximum absolute atomic E-state index is 11.2. The molecule has 0 radical (unpaired) electrons. The number of rotatable bonds is 5. The summed E-state index contributed by atoms with van der Waals surface area (Å²) in [6.45, 7) is 0. The third-order valence-corrected chi connectivity index (χ3v) is 5.17. The van der Waals surface area contributed by atoms with Gasteiger partial charge in [-0.1, -0.05) is 12.1 Å². The molecule has 2 rings (SSSR count). The molecule has 0 spiro atoms. The van der Waals surface area contributed by atoms with Gasteiger partial charge in [-0.2, -0.15) is 11.8 Å². The van der Waals surface area contributed by atoms with Crippen molar-refractivity contribution in [2.24, 2.45) is 0 Å². The van der Waals surface area contributed by atoms with Crippen LogP contribution in [0.15, 0.2) is 18.2 Å². The van der Waals surface area contributed by atoms with Crippen LogP contribution in [0.1, 0.15) is 18.4 Å². The fourth-order valence-corrected chi connectivity index (χ4v) is 4.16. The third-order valence-electron chi connectivity index (χ3n) is 3.00. The van der Waals surface area contributed by atoms with Gasteiger partial charge in [0, 0.05) is 22.0 Å². The van der Waals surface area contributed by atoms with Gasteiger partial charge in [-0.3, -0.25) is 0 Å². The molecule has 1 aliphatic heterocycles. The monoisotopic (exact) mass is 336 g/mol. The summed E-state index contributed by atoms with van der Waals surface area (Å²) in [5.41, 5.74) is 0.517. The molecule has 0 N–H and O–H groups in total. The molecule has 4 nitrogen and oxygen atoms in total. The average Bonchev–Trinajstić information content (AvgIpc) is 2.38. The van der Waals surface area contributed by atoms with Crippen molar-refractivity contribution < 1.29 is 17.9 Å². The third kappa shape index (κ3) is 4.46. The molecule has 20 heavy (non-hydrogen) atoms. The fraction of sp³-hybridized carbons (Fsp3) is 0.538. The van der Waals surface area contributed by atoms with Gasteiger partial charge >= 0.3 is 0 Å². The Labute approximate surface area is 128 Å². The lowest BCUT2D eigenvalue weighted by Crippen LogP contribution is -2.23. The molecule has 0 aliphatic carbocycles. The maximum atomic E-state index is 11.2. The van der Waals surface area contributed by atoms with E-state index in [1.807, 2.05) is 11.8 Å². The molecule has 7 heteroatoms. The largest absolute Gasteiger partial charge is 0.493 e. The zero-order valence-corrected chi connectivity index (χ0v) is 13.6. The van der Waals surface area contributed by atoms with Crippen LogP contribution in [0.4, 0.5) is 0 Å². The highest BCUT2D eigenvalue weighted by Crippen LogP contribution is 2.34. The molecule has 0 saturated carbocycles. The zero-order chi connectivity index (χ0) is 14.6. The van der Waals surface area contributed by atoms with Crippen LogP contribution in [-0.4, -0.2) is 33.1 Å². The minimum atomic E-state index is -3.63. The number of ether oxygens (including phenoxy) is 2. The Morgan fingerprint density at radius 2 is 2.25 bits per heavy atom. The van der Waals surface area contributed by atoms with E-state index in [-0.39, 0.29) is 11.9 Å². The van der Waals surface area contributed by atoms with Crippen molar-refractivity contribution in [3.63, 3.8) is 0 Å². The smallest absolute Gasteiger partial charge is 0.236 e. The Hall–Kier alpha value is -0.590. The van der Waals surface area contributed by atoms with Crippen molar-refractivity contribution in [3.8, 4) is 11.5 Å². The summed E-state index contributed by atoms with van der Waals surface area (Å²) in [6.07, 6.45) is 2.28. The predicted octanol–water partition coefficient (Wildman–Crippen LogP) is 3.04. The van der Waals surface area contributed by atoms with Gasteiger partial charge in [-0.05, 0) is 24.7 Å². The van der Waals surface area contributed by atoms with Gasteiger partial charge in [0.25, 0.3) is 0 Å². The minimum absolute atomic E-state index is 0.144. The van der Waals surface area contributed by atoms with Gasteiger partial charge in [0.05, 0.1) is 12.9 Å². The van der Waals surface area contributed by atoms with Crippen LogP contribution in [0.2, 0.25) is 0 Å². The standard InChI is InChI=1S/C13H17ClO4S2/c1-17-13-10(9-20(14,15)16)4-2-6-12(13)18-11-5-3-7-19-8-11/h2,4,6,11H,3,5,7-9H2,1H3. The Bertz CT molecular complexity index is 553. The van der Waals surface area contributed by atoms with Crippen LogP contribution in [-0.2, 0) is 14.8 Å². The van der Waals surface area contributed by atoms with E-state index in [0.29, 0.717) is 17.1 Å². The quantitative estimate of drug-likeness (QED) is 0.773. The molecule has 1 heterocycles. The summed E-state index contributed by atoms with van der Waals surface area (Å²) in [4.78, 5) is 0. The van der Waals surface area contributed by atoms with Crippen LogP contribution in [0, 0.1) is 0 Å². The van der Waals surface area contributed by atoms with Gasteiger partial charge in [-0.15, -0.1) is 0 Å². The summed E-state index contributed by atoms with van der Waals surface area (Å²) in [6, 6.07) is 5.23. The Morgan fingerprint density at radius 3 is 2.85 bits per heavy atom. The van der Waals surface area contributed by atoms with E-state index in [1.54, 1.807) is 18.2 Å². The first-order valence-corrected chi connectivity index (χ1v) is 9.95. The highest BCUT2D eigenvalue weighted by Gasteiger charge is 2.20. The summed E-state index contributed by atoms with van der Waals surface area (Å²) >= 11 is 1.87. The number of hydrogen-bond acceptors (Lipinski definition) is 5. The van der Waals surface area contributed by atoms with Gasteiger partial charge in [0.15, 0.2) is 11.5 Å². The van der Waals surface area contributed by atoms with E-state index in [9.17, 15) is 8.42 Å². The molecule has 1 saturated heterocycles. The van der Waals surface area contributed by atoms with Crippen LogP contribution in [0.3, 0.4) is 0 Å². The summed E-state index contributed by atoms with van der Waals surface area (Å²) in [7, 11) is 3.19. The number of hydrogen-bond donors (Lipinski definition) is 0. The number of halogens is 1. The van der Waals surface area contributed by atoms with Crippen molar-refractivity contribution in [1.82, 2.24) is 0 Å². The normalized spacial score (nSPS) is 19.6. The Balaban J connectivity index is 2.21. The topological polar surface area (TPSA) is 52.6 Å². The van der Waals surface area contributed by atoms with E-state index in [4.69, 9.17) is 20.2 Å².